The summed E-state index contributed by atoms with van der Waals surface area (Å²) in [5.74, 6) is 0. The molecule has 0 atom stereocenters. The number of rotatable bonds is 4. The van der Waals surface area contributed by atoms with E-state index >= 15 is 0 Å². The highest BCUT2D eigenvalue weighted by Crippen LogP contribution is 1.97. The van der Waals surface area contributed by atoms with Gasteiger partial charge in [0.05, 0.1) is 0 Å². The molecule has 72 valence electrons. The third-order valence-electron chi connectivity index (χ3n) is 1.52. The van der Waals surface area contributed by atoms with Gasteiger partial charge in [-0.05, 0) is 20.3 Å². The van der Waals surface area contributed by atoms with E-state index in [1.165, 1.54) is 0 Å². The predicted molar refractivity (Wildman–Crippen MR) is 58.2 cm³/mol. The summed E-state index contributed by atoms with van der Waals surface area (Å²) < 4.78 is 0. The molecule has 0 fully saturated rings. The lowest BCUT2D eigenvalue weighted by molar-refractivity contribution is 0.428. The zero-order valence-corrected chi connectivity index (χ0v) is 9.22. The van der Waals surface area contributed by atoms with Crippen LogP contribution in [0.5, 0.6) is 0 Å². The Balaban J connectivity index is 0. The average molecular weight is 169 g/mol. The molecule has 0 amide bonds. The monoisotopic (exact) mass is 169 g/mol. The van der Waals surface area contributed by atoms with E-state index in [0.29, 0.717) is 0 Å². The number of nitrogens with zero attached hydrogens (tertiary/aromatic N) is 1. The summed E-state index contributed by atoms with van der Waals surface area (Å²) >= 11 is 0. The molecule has 1 nitrogen and oxygen atoms in total. The number of hydrogen-bond donors (Lipinski definition) is 0. The van der Waals surface area contributed by atoms with Crippen molar-refractivity contribution < 1.29 is 0 Å². The first-order valence-electron chi connectivity index (χ1n) is 4.66. The van der Waals surface area contributed by atoms with Crippen molar-refractivity contribution in [1.29, 1.82) is 0 Å². The van der Waals surface area contributed by atoms with Crippen LogP contribution in [0.15, 0.2) is 24.4 Å². The van der Waals surface area contributed by atoms with Crippen LogP contribution in [-0.2, 0) is 0 Å². The molecular weight excluding hydrogens is 146 g/mol. The Morgan fingerprint density at radius 2 is 1.92 bits per heavy atom. The van der Waals surface area contributed by atoms with Crippen LogP contribution in [0.3, 0.4) is 0 Å². The summed E-state index contributed by atoms with van der Waals surface area (Å²) in [6.07, 6.45) is 5.35. The third kappa shape index (κ3) is 9.28. The minimum Gasteiger partial charge on any atom is -0.378 e. The molecule has 12 heavy (non-hydrogen) atoms. The molecule has 0 saturated carbocycles. The van der Waals surface area contributed by atoms with E-state index in [1.54, 1.807) is 0 Å². The van der Waals surface area contributed by atoms with Crippen LogP contribution in [0.2, 0.25) is 0 Å². The molecule has 0 unspecified atom stereocenters. The average Bonchev–Trinajstić information content (AvgIpc) is 2.08. The Hall–Kier alpha value is -0.720. The van der Waals surface area contributed by atoms with Crippen molar-refractivity contribution in [2.45, 2.75) is 34.1 Å². The molecule has 0 aliphatic carbocycles. The second-order valence-corrected chi connectivity index (χ2v) is 2.51. The van der Waals surface area contributed by atoms with Crippen LogP contribution in [0, 0.1) is 0 Å². The van der Waals surface area contributed by atoms with E-state index in [1.807, 2.05) is 27.7 Å². The SMILES string of the molecule is C=C(C)N(C)CC/C=C\C.CC. The molecule has 0 heterocycles. The Labute approximate surface area is 77.8 Å². The highest BCUT2D eigenvalue weighted by atomic mass is 15.1. The molecule has 0 bridgehead atoms. The van der Waals surface area contributed by atoms with Crippen molar-refractivity contribution in [3.05, 3.63) is 24.4 Å². The minimum absolute atomic E-state index is 1.07. The van der Waals surface area contributed by atoms with Crippen molar-refractivity contribution in [3.8, 4) is 0 Å². The Bertz CT molecular complexity index is 125. The summed E-state index contributed by atoms with van der Waals surface area (Å²) in [6.45, 7) is 13.0. The molecule has 0 spiro atoms. The van der Waals surface area contributed by atoms with Gasteiger partial charge in [0.25, 0.3) is 0 Å². The highest BCUT2D eigenvalue weighted by Gasteiger charge is 1.91. The first kappa shape index (κ1) is 13.8. The van der Waals surface area contributed by atoms with Crippen molar-refractivity contribution in [2.24, 2.45) is 0 Å². The molecule has 0 aliphatic rings. The maximum absolute atomic E-state index is 3.84. The van der Waals surface area contributed by atoms with Gasteiger partial charge in [-0.25, -0.2) is 0 Å². The van der Waals surface area contributed by atoms with Gasteiger partial charge >= 0.3 is 0 Å². The lowest BCUT2D eigenvalue weighted by Crippen LogP contribution is -2.15. The summed E-state index contributed by atoms with van der Waals surface area (Å²) in [5, 5.41) is 0. The zero-order valence-electron chi connectivity index (χ0n) is 9.22. The summed E-state index contributed by atoms with van der Waals surface area (Å²) in [7, 11) is 2.06. The quantitative estimate of drug-likeness (QED) is 0.583. The molecule has 0 radical (unpaired) electrons. The van der Waals surface area contributed by atoms with Crippen LogP contribution in [0.4, 0.5) is 0 Å². The molecule has 1 heteroatoms. The van der Waals surface area contributed by atoms with Gasteiger partial charge in [-0.1, -0.05) is 32.6 Å². The van der Waals surface area contributed by atoms with Gasteiger partial charge in [0.15, 0.2) is 0 Å². The third-order valence-corrected chi connectivity index (χ3v) is 1.52. The minimum atomic E-state index is 1.07. The Morgan fingerprint density at radius 1 is 1.42 bits per heavy atom. The Kier molecular flexibility index (Phi) is 11.9. The first-order valence-corrected chi connectivity index (χ1v) is 4.66. The fourth-order valence-electron chi connectivity index (χ4n) is 0.626. The number of allylic oxidation sites excluding steroid dienone is 2. The lowest BCUT2D eigenvalue weighted by Gasteiger charge is -2.16. The summed E-state index contributed by atoms with van der Waals surface area (Å²) in [4.78, 5) is 2.15. The second kappa shape index (κ2) is 10.3. The topological polar surface area (TPSA) is 3.24 Å². The smallest absolute Gasteiger partial charge is 0.0206 e. The summed E-state index contributed by atoms with van der Waals surface area (Å²) in [5.41, 5.74) is 1.13. The van der Waals surface area contributed by atoms with E-state index in [-0.39, 0.29) is 0 Å². The van der Waals surface area contributed by atoms with E-state index in [2.05, 4.69) is 30.7 Å². The van der Waals surface area contributed by atoms with Gasteiger partial charge in [-0.3, -0.25) is 0 Å². The fraction of sp³-hybridized carbons (Fsp3) is 0.636. The molecule has 0 aromatic rings. The Morgan fingerprint density at radius 3 is 2.25 bits per heavy atom. The normalized spacial score (nSPS) is 9.08. The second-order valence-electron chi connectivity index (χ2n) is 2.51. The van der Waals surface area contributed by atoms with Crippen LogP contribution in [-0.4, -0.2) is 18.5 Å². The zero-order chi connectivity index (χ0) is 9.98. The molecule has 0 aromatic heterocycles. The van der Waals surface area contributed by atoms with Gasteiger partial charge in [-0.2, -0.15) is 0 Å². The molecule has 0 aromatic carbocycles. The van der Waals surface area contributed by atoms with E-state index < -0.39 is 0 Å². The maximum atomic E-state index is 3.84. The van der Waals surface area contributed by atoms with Gasteiger partial charge < -0.3 is 4.90 Å². The standard InChI is InChI=1S/C9H17N.C2H6/c1-5-6-7-8-10(4)9(2)3;1-2/h5-6H,2,7-8H2,1,3-4H3;1-2H3/b6-5-;. The molecular formula is C11H23N. The van der Waals surface area contributed by atoms with Crippen LogP contribution >= 0.6 is 0 Å². The molecule has 0 saturated heterocycles. The maximum Gasteiger partial charge on any atom is 0.0206 e. The largest absolute Gasteiger partial charge is 0.378 e. The summed E-state index contributed by atoms with van der Waals surface area (Å²) in [6, 6.07) is 0. The highest BCUT2D eigenvalue weighted by molar-refractivity contribution is 4.88. The van der Waals surface area contributed by atoms with Gasteiger partial charge in [0.2, 0.25) is 0 Å². The van der Waals surface area contributed by atoms with E-state index in [0.717, 1.165) is 18.7 Å². The van der Waals surface area contributed by atoms with Crippen LogP contribution in [0.1, 0.15) is 34.1 Å². The molecule has 0 aliphatic heterocycles. The van der Waals surface area contributed by atoms with Crippen molar-refractivity contribution in [1.82, 2.24) is 4.90 Å². The predicted octanol–water partition coefficient (Wildman–Crippen LogP) is 3.44. The fourth-order valence-corrected chi connectivity index (χ4v) is 0.626. The van der Waals surface area contributed by atoms with Crippen LogP contribution in [0.25, 0.3) is 0 Å². The van der Waals surface area contributed by atoms with Gasteiger partial charge in [0.1, 0.15) is 0 Å². The lowest BCUT2D eigenvalue weighted by atomic mass is 10.3. The van der Waals surface area contributed by atoms with Crippen molar-refractivity contribution in [3.63, 3.8) is 0 Å². The van der Waals surface area contributed by atoms with Crippen molar-refractivity contribution in [2.75, 3.05) is 13.6 Å². The van der Waals surface area contributed by atoms with Crippen LogP contribution < -0.4 is 0 Å². The van der Waals surface area contributed by atoms with Gasteiger partial charge in [0, 0.05) is 19.3 Å². The number of hydrogen-bond acceptors (Lipinski definition) is 1. The van der Waals surface area contributed by atoms with Crippen molar-refractivity contribution >= 4 is 0 Å². The first-order chi connectivity index (χ1) is 5.68. The van der Waals surface area contributed by atoms with E-state index in [9.17, 15) is 0 Å². The van der Waals surface area contributed by atoms with E-state index in [4.69, 9.17) is 0 Å². The van der Waals surface area contributed by atoms with Gasteiger partial charge in [-0.15, -0.1) is 0 Å². The molecule has 0 N–H and O–H groups in total. The molecule has 0 rings (SSSR count).